The summed E-state index contributed by atoms with van der Waals surface area (Å²) in [5.74, 6) is 0.543. The zero-order valence-corrected chi connectivity index (χ0v) is 18.7. The van der Waals surface area contributed by atoms with E-state index in [-0.39, 0.29) is 18.7 Å². The van der Waals surface area contributed by atoms with Crippen LogP contribution in [0.3, 0.4) is 0 Å². The number of hydrogen-bond donors (Lipinski definition) is 1. The van der Waals surface area contributed by atoms with Crippen LogP contribution in [0.5, 0.6) is 11.5 Å². The largest absolute Gasteiger partial charge is 0.493 e. The number of ether oxygens (including phenoxy) is 2. The lowest BCUT2D eigenvalue weighted by Gasteiger charge is -2.22. The molecule has 6 heteroatoms. The SMILES string of the molecule is CCCCCOc1ccc(CN2C(=O)C(O)(CC(C)=O)c3cc(C)ccc32)cc1OC. The van der Waals surface area contributed by atoms with Gasteiger partial charge in [0.15, 0.2) is 17.1 Å². The van der Waals surface area contributed by atoms with Crippen LogP contribution in [-0.2, 0) is 21.7 Å². The molecule has 0 saturated heterocycles. The summed E-state index contributed by atoms with van der Waals surface area (Å²) in [5, 5.41) is 11.2. The molecule has 2 aromatic rings. The van der Waals surface area contributed by atoms with E-state index >= 15 is 0 Å². The number of anilines is 1. The van der Waals surface area contributed by atoms with Crippen molar-refractivity contribution in [1.29, 1.82) is 0 Å². The fourth-order valence-electron chi connectivity index (χ4n) is 4.00. The Balaban J connectivity index is 1.87. The molecule has 6 nitrogen and oxygen atoms in total. The molecule has 1 unspecified atom stereocenters. The monoisotopic (exact) mass is 425 g/mol. The van der Waals surface area contributed by atoms with E-state index in [4.69, 9.17) is 9.47 Å². The zero-order valence-electron chi connectivity index (χ0n) is 18.7. The number of unbranched alkanes of at least 4 members (excludes halogenated alkanes) is 2. The van der Waals surface area contributed by atoms with Crippen molar-refractivity contribution in [2.24, 2.45) is 0 Å². The number of methoxy groups -OCH3 is 1. The lowest BCUT2D eigenvalue weighted by Crippen LogP contribution is -2.41. The molecule has 0 saturated carbocycles. The minimum atomic E-state index is -1.83. The molecule has 1 amide bonds. The quantitative estimate of drug-likeness (QED) is 0.575. The van der Waals surface area contributed by atoms with Crippen molar-refractivity contribution >= 4 is 17.4 Å². The molecule has 0 spiro atoms. The predicted octanol–water partition coefficient (Wildman–Crippen LogP) is 4.29. The molecule has 2 aromatic carbocycles. The number of rotatable bonds is 10. The van der Waals surface area contributed by atoms with Crippen LogP contribution in [0, 0.1) is 6.92 Å². The van der Waals surface area contributed by atoms with Gasteiger partial charge in [0.2, 0.25) is 0 Å². The zero-order chi connectivity index (χ0) is 22.6. The first-order valence-corrected chi connectivity index (χ1v) is 10.7. The third kappa shape index (κ3) is 4.74. The number of aliphatic hydroxyl groups is 1. The Labute approximate surface area is 183 Å². The third-order valence-electron chi connectivity index (χ3n) is 5.57. The topological polar surface area (TPSA) is 76.1 Å². The summed E-state index contributed by atoms with van der Waals surface area (Å²) in [4.78, 5) is 26.6. The Morgan fingerprint density at radius 3 is 2.58 bits per heavy atom. The Morgan fingerprint density at radius 2 is 1.90 bits per heavy atom. The van der Waals surface area contributed by atoms with E-state index < -0.39 is 11.5 Å². The molecule has 0 bridgehead atoms. The van der Waals surface area contributed by atoms with E-state index in [9.17, 15) is 14.7 Å². The molecule has 3 rings (SSSR count). The van der Waals surface area contributed by atoms with Crippen LogP contribution in [-0.4, -0.2) is 30.5 Å². The normalized spacial score (nSPS) is 17.6. The second-order valence-corrected chi connectivity index (χ2v) is 8.19. The smallest absolute Gasteiger partial charge is 0.264 e. The molecule has 166 valence electrons. The van der Waals surface area contributed by atoms with Gasteiger partial charge in [-0.3, -0.25) is 9.59 Å². The van der Waals surface area contributed by atoms with Crippen molar-refractivity contribution < 1.29 is 24.2 Å². The average Bonchev–Trinajstić information content (AvgIpc) is 2.92. The van der Waals surface area contributed by atoms with Crippen molar-refractivity contribution in [3.8, 4) is 11.5 Å². The van der Waals surface area contributed by atoms with Gasteiger partial charge in [-0.15, -0.1) is 0 Å². The minimum Gasteiger partial charge on any atom is -0.493 e. The van der Waals surface area contributed by atoms with Gasteiger partial charge >= 0.3 is 0 Å². The second kappa shape index (κ2) is 9.52. The predicted molar refractivity (Wildman–Crippen MR) is 120 cm³/mol. The summed E-state index contributed by atoms with van der Waals surface area (Å²) >= 11 is 0. The molecule has 0 aliphatic carbocycles. The van der Waals surface area contributed by atoms with E-state index in [1.807, 2.05) is 37.3 Å². The Morgan fingerprint density at radius 1 is 1.13 bits per heavy atom. The fourth-order valence-corrected chi connectivity index (χ4v) is 4.00. The van der Waals surface area contributed by atoms with Crippen LogP contribution in [0.1, 0.15) is 56.2 Å². The fraction of sp³-hybridized carbons (Fsp3) is 0.440. The number of amides is 1. The van der Waals surface area contributed by atoms with Crippen LogP contribution in [0.15, 0.2) is 36.4 Å². The van der Waals surface area contributed by atoms with E-state index in [2.05, 4.69) is 6.92 Å². The number of Topliss-reactive ketones (excluding diaryl/α,β-unsaturated/α-hetero) is 1. The number of carbonyl (C=O) groups is 2. The molecular weight excluding hydrogens is 394 g/mol. The van der Waals surface area contributed by atoms with Crippen molar-refractivity contribution in [1.82, 2.24) is 0 Å². The van der Waals surface area contributed by atoms with Gasteiger partial charge in [-0.1, -0.05) is 43.5 Å². The summed E-state index contributed by atoms with van der Waals surface area (Å²) in [6.07, 6.45) is 2.97. The van der Waals surface area contributed by atoms with Gasteiger partial charge < -0.3 is 19.5 Å². The lowest BCUT2D eigenvalue weighted by molar-refractivity contribution is -0.141. The van der Waals surface area contributed by atoms with Crippen molar-refractivity contribution in [3.63, 3.8) is 0 Å². The van der Waals surface area contributed by atoms with Gasteiger partial charge in [0, 0.05) is 12.0 Å². The van der Waals surface area contributed by atoms with E-state index in [1.165, 1.54) is 11.8 Å². The van der Waals surface area contributed by atoms with Gasteiger partial charge in [-0.2, -0.15) is 0 Å². The van der Waals surface area contributed by atoms with Gasteiger partial charge in [-0.25, -0.2) is 0 Å². The molecule has 1 N–H and O–H groups in total. The maximum atomic E-state index is 13.2. The molecule has 0 aromatic heterocycles. The standard InChI is InChI=1S/C25H31NO5/c1-5-6-7-12-31-22-11-9-19(14-23(22)30-4)16-26-21-10-8-17(2)13-20(21)25(29,24(26)28)15-18(3)27/h8-11,13-14,29H,5-7,12,15-16H2,1-4H3. The van der Waals surface area contributed by atoms with Crippen molar-refractivity contribution in [3.05, 3.63) is 53.1 Å². The summed E-state index contributed by atoms with van der Waals surface area (Å²) < 4.78 is 11.3. The van der Waals surface area contributed by atoms with Crippen LogP contribution in [0.25, 0.3) is 0 Å². The maximum absolute atomic E-state index is 13.2. The van der Waals surface area contributed by atoms with Crippen LogP contribution in [0.2, 0.25) is 0 Å². The molecule has 1 aliphatic rings. The molecule has 1 heterocycles. The molecule has 0 fully saturated rings. The minimum absolute atomic E-state index is 0.239. The average molecular weight is 426 g/mol. The van der Waals surface area contributed by atoms with Crippen molar-refractivity contribution in [2.75, 3.05) is 18.6 Å². The Bertz CT molecular complexity index is 970. The van der Waals surface area contributed by atoms with Crippen LogP contribution >= 0.6 is 0 Å². The highest BCUT2D eigenvalue weighted by Crippen LogP contribution is 2.44. The van der Waals surface area contributed by atoms with Crippen LogP contribution in [0.4, 0.5) is 5.69 Å². The molecular formula is C25H31NO5. The number of ketones is 1. The van der Waals surface area contributed by atoms with E-state index in [0.29, 0.717) is 29.4 Å². The van der Waals surface area contributed by atoms with Gasteiger partial charge in [-0.05, 0) is 44.0 Å². The summed E-state index contributed by atoms with van der Waals surface area (Å²) in [7, 11) is 1.59. The van der Waals surface area contributed by atoms with Gasteiger partial charge in [0.1, 0.15) is 5.78 Å². The summed E-state index contributed by atoms with van der Waals surface area (Å²) in [5.41, 5.74) is 1.03. The number of benzene rings is 2. The first kappa shape index (κ1) is 22.8. The molecule has 1 aliphatic heterocycles. The highest BCUT2D eigenvalue weighted by molar-refractivity contribution is 6.08. The summed E-state index contributed by atoms with van der Waals surface area (Å²) in [6, 6.07) is 11.1. The number of nitrogens with zero attached hydrogens (tertiary/aromatic N) is 1. The third-order valence-corrected chi connectivity index (χ3v) is 5.57. The lowest BCUT2D eigenvalue weighted by atomic mass is 9.89. The highest BCUT2D eigenvalue weighted by Gasteiger charge is 2.50. The van der Waals surface area contributed by atoms with Crippen LogP contribution < -0.4 is 14.4 Å². The number of hydrogen-bond acceptors (Lipinski definition) is 5. The number of aryl methyl sites for hydroxylation is 1. The summed E-state index contributed by atoms with van der Waals surface area (Å²) in [6.45, 7) is 6.30. The molecule has 0 radical (unpaired) electrons. The second-order valence-electron chi connectivity index (χ2n) is 8.19. The molecule has 31 heavy (non-hydrogen) atoms. The first-order valence-electron chi connectivity index (χ1n) is 10.7. The highest BCUT2D eigenvalue weighted by atomic mass is 16.5. The Kier molecular flexibility index (Phi) is 7.01. The van der Waals surface area contributed by atoms with Gasteiger partial charge in [0.25, 0.3) is 5.91 Å². The van der Waals surface area contributed by atoms with Crippen molar-refractivity contribution in [2.45, 2.75) is 58.6 Å². The molecule has 1 atom stereocenters. The van der Waals surface area contributed by atoms with E-state index in [1.54, 1.807) is 13.2 Å². The van der Waals surface area contributed by atoms with E-state index in [0.717, 1.165) is 30.4 Å². The van der Waals surface area contributed by atoms with Gasteiger partial charge in [0.05, 0.1) is 25.9 Å². The Hall–Kier alpha value is -2.86. The maximum Gasteiger partial charge on any atom is 0.264 e. The number of fused-ring (bicyclic) bond motifs is 1. The number of carbonyl (C=O) groups excluding carboxylic acids is 2. The first-order chi connectivity index (χ1) is 14.8.